The standard InChI is InChI=1S/C43H39ClN2O6S/c1-3-26-45-30(18-20-35-32-10-6-12-38(43(47)52-48)34(32)22-24-39(35)45)16-14-28-8-5-9-29(42(28)44)15-17-31-19-21-36-33-11-7-13-41(53(49,50)51)37(33)23-25-40(36)46(31)27-4-2/h6-7,10-25H,3-5,8-9,26-27H2,1-2H3,(H-,48,49,50,51)/p-1. The molecular weight excluding hydrogens is 708 g/mol. The van der Waals surface area contributed by atoms with Gasteiger partial charge in [-0.1, -0.05) is 74.0 Å². The first-order valence-electron chi connectivity index (χ1n) is 17.8. The molecule has 1 aliphatic carbocycles. The minimum absolute atomic E-state index is 0.210. The molecule has 0 fully saturated rings. The lowest BCUT2D eigenvalue weighted by molar-refractivity contribution is -0.673. The van der Waals surface area contributed by atoms with Crippen LogP contribution in [0.3, 0.4) is 0 Å². The Balaban J connectivity index is 1.22. The molecule has 0 saturated heterocycles. The van der Waals surface area contributed by atoms with Crippen LogP contribution in [0.2, 0.25) is 0 Å². The number of hydrogen-bond acceptors (Lipinski definition) is 7. The van der Waals surface area contributed by atoms with E-state index in [2.05, 4.69) is 64.7 Å². The van der Waals surface area contributed by atoms with Crippen LogP contribution in [0.4, 0.5) is 5.69 Å². The van der Waals surface area contributed by atoms with Gasteiger partial charge in [0, 0.05) is 58.5 Å². The first-order valence-corrected chi connectivity index (χ1v) is 19.6. The van der Waals surface area contributed by atoms with Crippen molar-refractivity contribution >= 4 is 78.0 Å². The van der Waals surface area contributed by atoms with Crippen LogP contribution in [0.25, 0.3) is 44.6 Å². The number of nitrogens with zero attached hydrogens (tertiary/aromatic N) is 2. The number of carbonyl (C=O) groups is 1. The molecule has 2 aliphatic rings. The Morgan fingerprint density at radius 2 is 1.64 bits per heavy atom. The maximum absolute atomic E-state index is 12.2. The average molecular weight is 746 g/mol. The Morgan fingerprint density at radius 1 is 0.868 bits per heavy atom. The predicted octanol–water partition coefficient (Wildman–Crippen LogP) is 8.62. The Morgan fingerprint density at radius 3 is 2.42 bits per heavy atom. The van der Waals surface area contributed by atoms with Gasteiger partial charge in [-0.2, -0.15) is 4.57 Å². The van der Waals surface area contributed by atoms with Gasteiger partial charge in [-0.25, -0.2) is 13.2 Å². The van der Waals surface area contributed by atoms with Gasteiger partial charge in [0.2, 0.25) is 11.2 Å². The van der Waals surface area contributed by atoms with Gasteiger partial charge in [0.1, 0.15) is 16.7 Å². The summed E-state index contributed by atoms with van der Waals surface area (Å²) in [6, 6.07) is 21.6. The Kier molecular flexibility index (Phi) is 10.4. The fraction of sp³-hybridized carbons (Fsp3) is 0.209. The van der Waals surface area contributed by atoms with Crippen LogP contribution in [0.15, 0.2) is 124 Å². The fourth-order valence-electron chi connectivity index (χ4n) is 7.59. The van der Waals surface area contributed by atoms with E-state index in [1.807, 2.05) is 42.5 Å². The molecule has 53 heavy (non-hydrogen) atoms. The number of fused-ring (bicyclic) bond motifs is 6. The zero-order valence-corrected chi connectivity index (χ0v) is 31.0. The normalized spacial score (nSPS) is 16.5. The van der Waals surface area contributed by atoms with E-state index in [4.69, 9.17) is 11.6 Å². The smallest absolute Gasteiger partial charge is 0.332 e. The third kappa shape index (κ3) is 6.93. The van der Waals surface area contributed by atoms with E-state index >= 15 is 0 Å². The van der Waals surface area contributed by atoms with Crippen LogP contribution >= 0.6 is 11.6 Å². The molecule has 5 aromatic rings. The topological polar surface area (TPSA) is 114 Å². The van der Waals surface area contributed by atoms with Crippen LogP contribution in [-0.2, 0) is 21.6 Å². The zero-order valence-electron chi connectivity index (χ0n) is 29.5. The Labute approximate surface area is 313 Å². The van der Waals surface area contributed by atoms with Gasteiger partial charge in [-0.3, -0.25) is 0 Å². The van der Waals surface area contributed by atoms with Crippen LogP contribution in [0, 0.1) is 0 Å². The van der Waals surface area contributed by atoms with Crippen LogP contribution in [0.1, 0.15) is 67.6 Å². The molecule has 0 saturated carbocycles. The van der Waals surface area contributed by atoms with Gasteiger partial charge in [-0.05, 0) is 95.5 Å². The minimum atomic E-state index is -4.62. The van der Waals surface area contributed by atoms with E-state index in [1.54, 1.807) is 24.3 Å². The second-order valence-corrected chi connectivity index (χ2v) is 15.0. The highest BCUT2D eigenvalue weighted by Crippen LogP contribution is 2.39. The molecule has 0 bridgehead atoms. The number of carbonyl (C=O) groups excluding carboxylic acids is 1. The third-order valence-electron chi connectivity index (χ3n) is 9.99. The summed E-state index contributed by atoms with van der Waals surface area (Å²) in [5, 5.41) is 15.2. The summed E-state index contributed by atoms with van der Waals surface area (Å²) in [4.78, 5) is 18.0. The van der Waals surface area contributed by atoms with E-state index in [0.717, 1.165) is 106 Å². The molecule has 0 spiro atoms. The molecule has 0 N–H and O–H groups in total. The number of rotatable bonds is 9. The summed E-state index contributed by atoms with van der Waals surface area (Å²) in [6.45, 7) is 5.79. The van der Waals surface area contributed by atoms with Crippen molar-refractivity contribution in [3.05, 3.63) is 136 Å². The van der Waals surface area contributed by atoms with Crippen molar-refractivity contribution in [3.63, 3.8) is 0 Å². The predicted molar refractivity (Wildman–Crippen MR) is 208 cm³/mol. The van der Waals surface area contributed by atoms with Gasteiger partial charge in [0.15, 0.2) is 0 Å². The van der Waals surface area contributed by atoms with E-state index in [0.29, 0.717) is 10.8 Å². The van der Waals surface area contributed by atoms with Crippen molar-refractivity contribution in [3.8, 4) is 0 Å². The highest BCUT2D eigenvalue weighted by Gasteiger charge is 2.22. The quantitative estimate of drug-likeness (QED) is 0.0488. The lowest BCUT2D eigenvalue weighted by atomic mass is 9.93. The van der Waals surface area contributed by atoms with Gasteiger partial charge in [-0.15, -0.1) is 0 Å². The van der Waals surface area contributed by atoms with E-state index in [9.17, 15) is 23.0 Å². The molecule has 10 heteroatoms. The third-order valence-corrected chi connectivity index (χ3v) is 11.4. The summed E-state index contributed by atoms with van der Waals surface area (Å²) >= 11 is 7.10. The number of benzene rings is 4. The van der Waals surface area contributed by atoms with Crippen molar-refractivity contribution in [1.82, 2.24) is 0 Å². The Hall–Kier alpha value is -5.06. The number of anilines is 1. The summed E-state index contributed by atoms with van der Waals surface area (Å²) < 4.78 is 38.1. The average Bonchev–Trinajstić information content (AvgIpc) is 3.16. The van der Waals surface area contributed by atoms with Gasteiger partial charge in [0.05, 0.1) is 15.8 Å². The molecule has 0 atom stereocenters. The second kappa shape index (κ2) is 15.1. The van der Waals surface area contributed by atoms with Crippen molar-refractivity contribution in [2.75, 3.05) is 11.4 Å². The van der Waals surface area contributed by atoms with E-state index in [1.165, 1.54) is 6.07 Å². The Bertz CT molecular complexity index is 2570. The zero-order chi connectivity index (χ0) is 37.3. The molecule has 2 heterocycles. The summed E-state index contributed by atoms with van der Waals surface area (Å²) in [5.41, 5.74) is 7.34. The maximum Gasteiger partial charge on any atom is 0.332 e. The second-order valence-electron chi connectivity index (χ2n) is 13.3. The molecule has 1 aliphatic heterocycles. The number of aromatic nitrogens is 1. The van der Waals surface area contributed by atoms with Crippen molar-refractivity contribution in [2.45, 2.75) is 57.4 Å². The first-order chi connectivity index (χ1) is 25.6. The summed E-state index contributed by atoms with van der Waals surface area (Å²) in [5.74, 6) is -0.900. The number of pyridine rings is 1. The maximum atomic E-state index is 12.2. The number of hydrogen-bond donors (Lipinski definition) is 0. The molecule has 0 unspecified atom stereocenters. The summed E-state index contributed by atoms with van der Waals surface area (Å²) in [6.07, 6.45) is 17.0. The molecule has 7 rings (SSSR count). The lowest BCUT2D eigenvalue weighted by Gasteiger charge is -2.31. The SMILES string of the molecule is CCCN1/C(=C/C=C2\CCCC(/C=C/c3ccc4c5cccc(S(=O)(=O)[O-])c5ccc4[n+]3CCC)=C2Cl)C=Cc2c1ccc1c(C(=O)O[O-])cccc21. The molecule has 8 nitrogen and oxygen atoms in total. The molecule has 0 amide bonds. The van der Waals surface area contributed by atoms with Crippen molar-refractivity contribution in [2.24, 2.45) is 0 Å². The van der Waals surface area contributed by atoms with Crippen molar-refractivity contribution < 1.29 is 32.5 Å². The van der Waals surface area contributed by atoms with Crippen molar-refractivity contribution in [1.29, 1.82) is 0 Å². The molecule has 270 valence electrons. The van der Waals surface area contributed by atoms with E-state index < -0.39 is 16.1 Å². The first kappa shape index (κ1) is 36.3. The molecular formula is C43H38ClN2O6S-. The van der Waals surface area contributed by atoms with Gasteiger partial charge < -0.3 is 19.6 Å². The van der Waals surface area contributed by atoms with Gasteiger partial charge in [0.25, 0.3) is 0 Å². The van der Waals surface area contributed by atoms with Gasteiger partial charge >= 0.3 is 5.97 Å². The lowest BCUT2D eigenvalue weighted by Crippen LogP contribution is -2.37. The van der Waals surface area contributed by atoms with Crippen LogP contribution in [-0.4, -0.2) is 25.5 Å². The molecule has 0 radical (unpaired) electrons. The van der Waals surface area contributed by atoms with Crippen LogP contribution < -0.4 is 14.7 Å². The number of halogens is 1. The fourth-order valence-corrected chi connectivity index (χ4v) is 8.59. The summed E-state index contributed by atoms with van der Waals surface area (Å²) in [7, 11) is -4.62. The van der Waals surface area contributed by atoms with Crippen LogP contribution in [0.5, 0.6) is 0 Å². The van der Waals surface area contributed by atoms with E-state index in [-0.39, 0.29) is 10.5 Å². The highest BCUT2D eigenvalue weighted by molar-refractivity contribution is 7.86. The molecule has 4 aromatic carbocycles. The largest absolute Gasteiger partial charge is 0.744 e. The number of allylic oxidation sites excluding steroid dienone is 7. The minimum Gasteiger partial charge on any atom is -0.744 e. The number of aryl methyl sites for hydroxylation is 1. The monoisotopic (exact) mass is 745 g/mol. The molecule has 1 aromatic heterocycles. The highest BCUT2D eigenvalue weighted by atomic mass is 35.5.